The number of benzene rings is 2. The Kier molecular flexibility index (Phi) is 12.1. The summed E-state index contributed by atoms with van der Waals surface area (Å²) in [6.45, 7) is 7.97. The molecule has 1 N–H and O–H groups in total. The molecule has 0 saturated carbocycles. The molecule has 272 valence electrons. The summed E-state index contributed by atoms with van der Waals surface area (Å²) in [6.07, 6.45) is 7.31. The zero-order valence-electron chi connectivity index (χ0n) is 29.6. The molecule has 0 radical (unpaired) electrons. The highest BCUT2D eigenvalue weighted by Gasteiger charge is 2.37. The molecule has 1 aromatic heterocycles. The molecule has 11 heteroatoms. The highest BCUT2D eigenvalue weighted by molar-refractivity contribution is 9.10. The summed E-state index contributed by atoms with van der Waals surface area (Å²) in [5.74, 6) is 0.780. The average Bonchev–Trinajstić information content (AvgIpc) is 3.24. The SMILES string of the molecule is CC(C)(C)OC(=O)N[C@@H](Cc1ccccc1)C(=O)N1CCC(CC(=O)N2CCC(C3c4ncc(Br)cc4CCc4cc(Cl)cc(Br)c43)CC2)CC1. The number of nitrogens with zero attached hydrogens (tertiary/aromatic N) is 3. The number of aryl methyl sites for hydroxylation is 2. The second-order valence-corrected chi connectivity index (χ2v) is 17.4. The van der Waals surface area contributed by atoms with Gasteiger partial charge in [0.05, 0.1) is 5.69 Å². The molecule has 51 heavy (non-hydrogen) atoms. The highest BCUT2D eigenvalue weighted by Crippen LogP contribution is 2.46. The molecule has 3 aliphatic rings. The number of carbonyl (C=O) groups is 3. The predicted molar refractivity (Wildman–Crippen MR) is 207 cm³/mol. The summed E-state index contributed by atoms with van der Waals surface area (Å²) in [6, 6.07) is 15.3. The van der Waals surface area contributed by atoms with Crippen molar-refractivity contribution in [1.29, 1.82) is 0 Å². The maximum atomic E-state index is 13.7. The first-order chi connectivity index (χ1) is 24.3. The lowest BCUT2D eigenvalue weighted by Crippen LogP contribution is -2.52. The van der Waals surface area contributed by atoms with Gasteiger partial charge in [0, 0.05) is 65.1 Å². The Morgan fingerprint density at radius 3 is 2.29 bits per heavy atom. The molecule has 3 heterocycles. The van der Waals surface area contributed by atoms with Crippen LogP contribution in [0.25, 0.3) is 0 Å². The number of aromatic nitrogens is 1. The van der Waals surface area contributed by atoms with Gasteiger partial charge < -0.3 is 19.9 Å². The van der Waals surface area contributed by atoms with Crippen LogP contribution in [0.15, 0.2) is 63.7 Å². The van der Waals surface area contributed by atoms with Crippen molar-refractivity contribution in [3.05, 3.63) is 96.6 Å². The second-order valence-electron chi connectivity index (χ2n) is 15.2. The molecule has 0 spiro atoms. The highest BCUT2D eigenvalue weighted by atomic mass is 79.9. The van der Waals surface area contributed by atoms with E-state index in [2.05, 4.69) is 49.3 Å². The van der Waals surface area contributed by atoms with Crippen LogP contribution in [0, 0.1) is 11.8 Å². The van der Waals surface area contributed by atoms with E-state index in [1.165, 1.54) is 16.7 Å². The first kappa shape index (κ1) is 37.8. The molecule has 0 bridgehead atoms. The minimum Gasteiger partial charge on any atom is -0.444 e. The minimum atomic E-state index is -0.733. The van der Waals surface area contributed by atoms with Crippen LogP contribution < -0.4 is 5.32 Å². The Bertz CT molecular complexity index is 1730. The van der Waals surface area contributed by atoms with Crippen LogP contribution in [-0.4, -0.2) is 70.5 Å². The summed E-state index contributed by atoms with van der Waals surface area (Å²) < 4.78 is 7.50. The van der Waals surface area contributed by atoms with Gasteiger partial charge in [0.25, 0.3) is 0 Å². The van der Waals surface area contributed by atoms with Gasteiger partial charge in [-0.15, -0.1) is 0 Å². The van der Waals surface area contributed by atoms with Gasteiger partial charge in [-0.05, 0) is 128 Å². The van der Waals surface area contributed by atoms with E-state index in [1.807, 2.05) is 52.4 Å². The first-order valence-electron chi connectivity index (χ1n) is 18.1. The first-order valence-corrected chi connectivity index (χ1v) is 20.0. The van der Waals surface area contributed by atoms with Gasteiger partial charge in [-0.3, -0.25) is 14.6 Å². The van der Waals surface area contributed by atoms with Crippen molar-refractivity contribution >= 4 is 61.4 Å². The number of rotatable bonds is 7. The van der Waals surface area contributed by atoms with Crippen LogP contribution in [0.3, 0.4) is 0 Å². The molecule has 3 aromatic rings. The Morgan fingerprint density at radius 1 is 0.941 bits per heavy atom. The van der Waals surface area contributed by atoms with E-state index < -0.39 is 17.7 Å². The molecule has 2 saturated heterocycles. The quantitative estimate of drug-likeness (QED) is 0.258. The van der Waals surface area contributed by atoms with Crippen LogP contribution in [0.4, 0.5) is 4.79 Å². The molecule has 2 fully saturated rings. The molecular weight excluding hydrogens is 796 g/mol. The Labute approximate surface area is 323 Å². The van der Waals surface area contributed by atoms with E-state index in [9.17, 15) is 14.4 Å². The summed E-state index contributed by atoms with van der Waals surface area (Å²) in [5.41, 5.74) is 5.25. The molecule has 1 unspecified atom stereocenters. The fourth-order valence-corrected chi connectivity index (χ4v) is 9.47. The molecule has 2 aromatic carbocycles. The molecular formula is C40H47Br2ClN4O4. The Morgan fingerprint density at radius 2 is 1.61 bits per heavy atom. The summed E-state index contributed by atoms with van der Waals surface area (Å²) in [4.78, 5) is 48.9. The molecule has 3 amide bonds. The largest absolute Gasteiger partial charge is 0.444 e. The summed E-state index contributed by atoms with van der Waals surface area (Å²) in [7, 11) is 0. The third-order valence-electron chi connectivity index (χ3n) is 10.4. The van der Waals surface area contributed by atoms with Crippen molar-refractivity contribution in [2.45, 2.75) is 89.7 Å². The summed E-state index contributed by atoms with van der Waals surface area (Å²) >= 11 is 14.0. The van der Waals surface area contributed by atoms with E-state index in [0.29, 0.717) is 31.8 Å². The smallest absolute Gasteiger partial charge is 0.408 e. The van der Waals surface area contributed by atoms with Crippen molar-refractivity contribution in [2.75, 3.05) is 26.2 Å². The number of carbonyl (C=O) groups excluding carboxylic acids is 3. The molecule has 2 aliphatic heterocycles. The topological polar surface area (TPSA) is 91.8 Å². The van der Waals surface area contributed by atoms with Crippen LogP contribution in [0.2, 0.25) is 5.02 Å². The van der Waals surface area contributed by atoms with Crippen molar-refractivity contribution in [1.82, 2.24) is 20.1 Å². The number of pyridine rings is 1. The van der Waals surface area contributed by atoms with Crippen molar-refractivity contribution in [3.63, 3.8) is 0 Å². The molecule has 6 rings (SSSR count). The number of piperidine rings is 2. The zero-order valence-corrected chi connectivity index (χ0v) is 33.5. The lowest BCUT2D eigenvalue weighted by molar-refractivity contribution is -0.136. The van der Waals surface area contributed by atoms with Crippen LogP contribution in [0.1, 0.15) is 86.7 Å². The van der Waals surface area contributed by atoms with Crippen LogP contribution in [0.5, 0.6) is 0 Å². The van der Waals surface area contributed by atoms with Gasteiger partial charge in [-0.1, -0.05) is 57.9 Å². The predicted octanol–water partition coefficient (Wildman–Crippen LogP) is 8.49. The van der Waals surface area contributed by atoms with E-state index in [4.69, 9.17) is 21.3 Å². The third-order valence-corrected chi connectivity index (χ3v) is 11.8. The van der Waals surface area contributed by atoms with E-state index in [-0.39, 0.29) is 23.7 Å². The molecule has 8 nitrogen and oxygen atoms in total. The van der Waals surface area contributed by atoms with Gasteiger partial charge >= 0.3 is 6.09 Å². The number of hydrogen-bond acceptors (Lipinski definition) is 5. The number of ether oxygens (including phenoxy) is 1. The lowest BCUT2D eigenvalue weighted by Gasteiger charge is -2.38. The Balaban J connectivity index is 1.05. The molecule has 1 aliphatic carbocycles. The maximum Gasteiger partial charge on any atom is 0.408 e. The van der Waals surface area contributed by atoms with Gasteiger partial charge in [-0.25, -0.2) is 4.79 Å². The number of amides is 3. The Hall–Kier alpha value is -2.95. The van der Waals surface area contributed by atoms with Crippen molar-refractivity contribution < 1.29 is 19.1 Å². The normalized spacial score (nSPS) is 19.1. The van der Waals surface area contributed by atoms with Gasteiger partial charge in [-0.2, -0.15) is 0 Å². The fraction of sp³-hybridized carbons (Fsp3) is 0.500. The second kappa shape index (κ2) is 16.4. The van der Waals surface area contributed by atoms with E-state index in [0.717, 1.165) is 76.8 Å². The number of hydrogen-bond donors (Lipinski definition) is 1. The average molecular weight is 843 g/mol. The number of alkyl carbamates (subject to hydrolysis) is 1. The number of likely N-dealkylation sites (tertiary alicyclic amines) is 2. The van der Waals surface area contributed by atoms with Crippen molar-refractivity contribution in [2.24, 2.45) is 11.8 Å². The number of fused-ring (bicyclic) bond motifs is 2. The number of nitrogens with one attached hydrogen (secondary N) is 1. The monoisotopic (exact) mass is 840 g/mol. The maximum absolute atomic E-state index is 13.7. The number of halogens is 3. The fourth-order valence-electron chi connectivity index (χ4n) is 7.97. The third kappa shape index (κ3) is 9.54. The lowest BCUT2D eigenvalue weighted by atomic mass is 9.76. The van der Waals surface area contributed by atoms with Gasteiger partial charge in [0.1, 0.15) is 11.6 Å². The van der Waals surface area contributed by atoms with Crippen LogP contribution >= 0.6 is 43.5 Å². The molecule has 2 atom stereocenters. The van der Waals surface area contributed by atoms with E-state index in [1.54, 1.807) is 20.8 Å². The van der Waals surface area contributed by atoms with Gasteiger partial charge in [0.2, 0.25) is 11.8 Å². The van der Waals surface area contributed by atoms with E-state index >= 15 is 0 Å². The zero-order chi connectivity index (χ0) is 36.3. The van der Waals surface area contributed by atoms with Crippen molar-refractivity contribution in [3.8, 4) is 0 Å². The van der Waals surface area contributed by atoms with Gasteiger partial charge in [0.15, 0.2) is 0 Å². The van der Waals surface area contributed by atoms with Crippen LogP contribution in [-0.2, 0) is 33.6 Å². The minimum absolute atomic E-state index is 0.117. The standard InChI is InChI=1S/C40H47Br2ClN4O4/c1-40(2,3)51-39(50)45-33(19-25-7-5-4-6-8-25)38(49)47-15-11-26(12-16-47)20-34(48)46-17-13-27(14-18-46)36-35-28(22-31(43)23-32(35)42)9-10-29-21-30(41)24-44-37(29)36/h4-8,21-24,26-27,33,36H,9-20H2,1-3H3,(H,45,50)/t33-,36?/m0/s1. The summed E-state index contributed by atoms with van der Waals surface area (Å²) in [5, 5.41) is 3.56.